The normalized spacial score (nSPS) is 18.7. The standard InChI is InChI=1S/C34H38FN5O7/c1-21-25(14-18-38-16-11-22(12-17-38)32-26-8-7-23(35)20-28(26)47-37-32)34(45)40-15-3-5-27(33(40)36-21)46-31(44)6-2-4-24(41)13-19-39-29(42)9-10-30(39)43/h7-10,20,22,27H,2-6,11-19H2,1H3. The molecule has 1 aromatic carbocycles. The quantitative estimate of drug-likeness (QED) is 0.211. The summed E-state index contributed by atoms with van der Waals surface area (Å²) >= 11 is 0. The number of halogens is 1. The van der Waals surface area contributed by atoms with Crippen molar-refractivity contribution in [3.8, 4) is 0 Å². The number of carbonyl (C=O) groups is 4. The van der Waals surface area contributed by atoms with E-state index in [1.165, 1.54) is 24.3 Å². The molecule has 0 N–H and O–H groups in total. The van der Waals surface area contributed by atoms with Crippen LogP contribution in [0.15, 0.2) is 39.7 Å². The molecule has 1 fully saturated rings. The number of ketones is 1. The predicted octanol–water partition coefficient (Wildman–Crippen LogP) is 3.69. The molecule has 3 aliphatic heterocycles. The van der Waals surface area contributed by atoms with Gasteiger partial charge in [0.15, 0.2) is 17.5 Å². The van der Waals surface area contributed by atoms with Gasteiger partial charge in [0, 0.05) is 79.7 Å². The highest BCUT2D eigenvalue weighted by atomic mass is 19.1. The Morgan fingerprint density at radius 1 is 1.00 bits per heavy atom. The van der Waals surface area contributed by atoms with Gasteiger partial charge >= 0.3 is 5.97 Å². The van der Waals surface area contributed by atoms with E-state index in [4.69, 9.17) is 14.2 Å². The Balaban J connectivity index is 0.981. The first-order chi connectivity index (χ1) is 22.7. The number of rotatable bonds is 12. The zero-order valence-corrected chi connectivity index (χ0v) is 26.4. The van der Waals surface area contributed by atoms with Crippen LogP contribution in [0.1, 0.15) is 86.2 Å². The summed E-state index contributed by atoms with van der Waals surface area (Å²) in [5.74, 6) is -1.12. The van der Waals surface area contributed by atoms with E-state index in [2.05, 4.69) is 10.1 Å². The molecule has 47 heavy (non-hydrogen) atoms. The minimum absolute atomic E-state index is 0.0264. The Bertz CT molecular complexity index is 1770. The molecule has 2 aromatic heterocycles. The maximum atomic E-state index is 13.6. The third-order valence-corrected chi connectivity index (χ3v) is 9.37. The molecule has 248 valence electrons. The van der Waals surface area contributed by atoms with E-state index < -0.39 is 23.9 Å². The molecule has 1 atom stereocenters. The van der Waals surface area contributed by atoms with Crippen LogP contribution in [0.2, 0.25) is 0 Å². The fourth-order valence-corrected chi connectivity index (χ4v) is 6.73. The zero-order valence-electron chi connectivity index (χ0n) is 26.4. The molecular weight excluding hydrogens is 609 g/mol. The number of hydrogen-bond acceptors (Lipinski definition) is 10. The predicted molar refractivity (Wildman–Crippen MR) is 167 cm³/mol. The highest BCUT2D eigenvalue weighted by Crippen LogP contribution is 2.33. The Labute approximate surface area is 270 Å². The minimum Gasteiger partial charge on any atom is -0.454 e. The van der Waals surface area contributed by atoms with E-state index in [9.17, 15) is 28.4 Å². The Kier molecular flexibility index (Phi) is 9.71. The second kappa shape index (κ2) is 14.1. The third-order valence-electron chi connectivity index (χ3n) is 9.37. The Morgan fingerprint density at radius 2 is 1.77 bits per heavy atom. The van der Waals surface area contributed by atoms with Crippen LogP contribution in [0.4, 0.5) is 4.39 Å². The number of likely N-dealkylation sites (tertiary alicyclic amines) is 1. The second-order valence-electron chi connectivity index (χ2n) is 12.5. The number of carbonyl (C=O) groups excluding carboxylic acids is 4. The molecule has 0 spiro atoms. The third kappa shape index (κ3) is 7.24. The summed E-state index contributed by atoms with van der Waals surface area (Å²) in [4.78, 5) is 69.8. The van der Waals surface area contributed by atoms with Crippen molar-refractivity contribution in [1.29, 1.82) is 0 Å². The number of aromatic nitrogens is 3. The van der Waals surface area contributed by atoms with Crippen LogP contribution in [-0.2, 0) is 36.9 Å². The first kappa shape index (κ1) is 32.4. The summed E-state index contributed by atoms with van der Waals surface area (Å²) in [6, 6.07) is 4.51. The van der Waals surface area contributed by atoms with Crippen LogP contribution in [0.5, 0.6) is 0 Å². The molecule has 1 unspecified atom stereocenters. The van der Waals surface area contributed by atoms with Gasteiger partial charge < -0.3 is 14.2 Å². The van der Waals surface area contributed by atoms with Crippen molar-refractivity contribution < 1.29 is 32.8 Å². The van der Waals surface area contributed by atoms with Crippen molar-refractivity contribution in [2.75, 3.05) is 26.2 Å². The van der Waals surface area contributed by atoms with Crippen molar-refractivity contribution in [2.24, 2.45) is 0 Å². The number of piperidine rings is 1. The van der Waals surface area contributed by atoms with Crippen molar-refractivity contribution in [2.45, 2.75) is 83.3 Å². The smallest absolute Gasteiger partial charge is 0.306 e. The van der Waals surface area contributed by atoms with Crippen LogP contribution in [0.3, 0.4) is 0 Å². The average Bonchev–Trinajstić information content (AvgIpc) is 3.62. The van der Waals surface area contributed by atoms with E-state index in [1.54, 1.807) is 10.6 Å². The summed E-state index contributed by atoms with van der Waals surface area (Å²) in [6.07, 6.45) is 5.80. The number of fused-ring (bicyclic) bond motifs is 2. The largest absolute Gasteiger partial charge is 0.454 e. The topological polar surface area (TPSA) is 145 Å². The van der Waals surface area contributed by atoms with E-state index in [1.807, 2.05) is 6.92 Å². The zero-order chi connectivity index (χ0) is 33.1. The average molecular weight is 648 g/mol. The first-order valence-electron chi connectivity index (χ1n) is 16.3. The van der Waals surface area contributed by atoms with Gasteiger partial charge in [-0.25, -0.2) is 9.37 Å². The first-order valence-corrected chi connectivity index (χ1v) is 16.3. The van der Waals surface area contributed by atoms with Crippen molar-refractivity contribution in [3.63, 3.8) is 0 Å². The number of Topliss-reactive ketones (excluding diaryl/α,β-unsaturated/α-hetero) is 1. The molecule has 3 aromatic rings. The van der Waals surface area contributed by atoms with Crippen molar-refractivity contribution in [3.05, 3.63) is 69.3 Å². The monoisotopic (exact) mass is 647 g/mol. The fraction of sp³-hybridized carbons (Fsp3) is 0.500. The van der Waals surface area contributed by atoms with E-state index in [-0.39, 0.29) is 55.3 Å². The molecule has 2 amide bonds. The van der Waals surface area contributed by atoms with E-state index in [0.717, 1.165) is 41.9 Å². The lowest BCUT2D eigenvalue weighted by Crippen LogP contribution is -2.38. The van der Waals surface area contributed by atoms with Gasteiger partial charge in [0.05, 0.1) is 5.69 Å². The highest BCUT2D eigenvalue weighted by Gasteiger charge is 2.30. The van der Waals surface area contributed by atoms with Gasteiger partial charge in [-0.3, -0.25) is 33.4 Å². The van der Waals surface area contributed by atoms with Gasteiger partial charge in [-0.1, -0.05) is 5.16 Å². The van der Waals surface area contributed by atoms with Gasteiger partial charge in [-0.05, 0) is 70.7 Å². The Hall–Kier alpha value is -4.52. The van der Waals surface area contributed by atoms with Crippen molar-refractivity contribution in [1.82, 2.24) is 24.5 Å². The lowest BCUT2D eigenvalue weighted by atomic mass is 9.91. The van der Waals surface area contributed by atoms with Crippen LogP contribution >= 0.6 is 0 Å². The van der Waals surface area contributed by atoms with Crippen LogP contribution in [0.25, 0.3) is 11.0 Å². The SMILES string of the molecule is Cc1nc2n(c(=O)c1CCN1CCC(c3noc4cc(F)ccc34)CC1)CCCC2OC(=O)CCCC(=O)CCN1C(=O)C=CC1=O. The lowest BCUT2D eigenvalue weighted by molar-refractivity contribution is -0.151. The van der Waals surface area contributed by atoms with Gasteiger partial charge in [0.1, 0.15) is 11.6 Å². The summed E-state index contributed by atoms with van der Waals surface area (Å²) in [5, 5.41) is 5.09. The molecule has 1 saturated heterocycles. The van der Waals surface area contributed by atoms with Gasteiger partial charge in [-0.15, -0.1) is 0 Å². The van der Waals surface area contributed by atoms with Crippen molar-refractivity contribution >= 4 is 34.5 Å². The molecule has 0 radical (unpaired) electrons. The van der Waals surface area contributed by atoms with E-state index >= 15 is 0 Å². The number of ether oxygens (including phenoxy) is 1. The fourth-order valence-electron chi connectivity index (χ4n) is 6.73. The van der Waals surface area contributed by atoms with Gasteiger partial charge in [-0.2, -0.15) is 0 Å². The molecule has 0 bridgehead atoms. The van der Waals surface area contributed by atoms with Crippen LogP contribution < -0.4 is 5.56 Å². The Morgan fingerprint density at radius 3 is 2.53 bits per heavy atom. The molecule has 0 aliphatic carbocycles. The number of aryl methyl sites for hydroxylation is 1. The van der Waals surface area contributed by atoms with Gasteiger partial charge in [0.25, 0.3) is 17.4 Å². The summed E-state index contributed by atoms with van der Waals surface area (Å²) in [5.41, 5.74) is 2.54. The lowest BCUT2D eigenvalue weighted by Gasteiger charge is -2.31. The maximum Gasteiger partial charge on any atom is 0.306 e. The number of benzene rings is 1. The second-order valence-corrected chi connectivity index (χ2v) is 12.5. The molecular formula is C34H38FN5O7. The summed E-state index contributed by atoms with van der Waals surface area (Å²) < 4.78 is 26.3. The minimum atomic E-state index is -0.629. The van der Waals surface area contributed by atoms with Gasteiger partial charge in [0.2, 0.25) is 0 Å². The highest BCUT2D eigenvalue weighted by molar-refractivity contribution is 6.13. The number of esters is 1. The molecule has 13 heteroatoms. The number of amides is 2. The van der Waals surface area contributed by atoms with Crippen LogP contribution in [0, 0.1) is 12.7 Å². The number of nitrogens with zero attached hydrogens (tertiary/aromatic N) is 5. The summed E-state index contributed by atoms with van der Waals surface area (Å²) in [6.45, 7) is 4.76. The maximum absolute atomic E-state index is 13.6. The van der Waals surface area contributed by atoms with E-state index in [0.29, 0.717) is 55.0 Å². The molecule has 6 rings (SSSR count). The number of imide groups is 1. The molecule has 0 saturated carbocycles. The summed E-state index contributed by atoms with van der Waals surface area (Å²) in [7, 11) is 0. The molecule has 5 heterocycles. The molecule has 3 aliphatic rings. The van der Waals surface area contributed by atoms with Crippen LogP contribution in [-0.4, -0.2) is 74.3 Å². The number of hydrogen-bond donors (Lipinski definition) is 0. The molecule has 12 nitrogen and oxygen atoms in total.